The Hall–Kier alpha value is -1.53. The molecule has 3 heteroatoms. The highest BCUT2D eigenvalue weighted by atomic mass is 14.3. The van der Waals surface area contributed by atoms with Crippen LogP contribution in [0.15, 0.2) is 0 Å². The lowest BCUT2D eigenvalue weighted by molar-refractivity contribution is 0.551. The van der Waals surface area contributed by atoms with Crippen LogP contribution in [0.25, 0.3) is 0 Å². The molecule has 13 heavy (non-hydrogen) atoms. The summed E-state index contributed by atoms with van der Waals surface area (Å²) in [4.78, 5) is 0. The molecule has 0 saturated carbocycles. The molecule has 0 aromatic heterocycles. The summed E-state index contributed by atoms with van der Waals surface area (Å²) in [6.07, 6.45) is 4.54. The zero-order valence-corrected chi connectivity index (χ0v) is 7.66. The van der Waals surface area contributed by atoms with Gasteiger partial charge in [-0.1, -0.05) is 12.8 Å². The van der Waals surface area contributed by atoms with Gasteiger partial charge in [-0.2, -0.15) is 15.8 Å². The van der Waals surface area contributed by atoms with Gasteiger partial charge in [0.15, 0.2) is 0 Å². The van der Waals surface area contributed by atoms with E-state index < -0.39 is 0 Å². The van der Waals surface area contributed by atoms with E-state index >= 15 is 0 Å². The fourth-order valence-electron chi connectivity index (χ4n) is 1.09. The van der Waals surface area contributed by atoms with E-state index in [1.54, 1.807) is 0 Å². The number of nitriles is 3. The van der Waals surface area contributed by atoms with Crippen molar-refractivity contribution >= 4 is 0 Å². The van der Waals surface area contributed by atoms with Crippen LogP contribution in [0.4, 0.5) is 0 Å². The summed E-state index contributed by atoms with van der Waals surface area (Å²) in [6, 6.07) is 6.18. The van der Waals surface area contributed by atoms with Crippen LogP contribution in [-0.2, 0) is 0 Å². The van der Waals surface area contributed by atoms with Gasteiger partial charge in [0, 0.05) is 6.42 Å². The molecule has 0 bridgehead atoms. The molecule has 0 rings (SSSR count). The maximum absolute atomic E-state index is 8.61. The summed E-state index contributed by atoms with van der Waals surface area (Å²) in [5, 5.41) is 25.2. The Morgan fingerprint density at radius 1 is 0.923 bits per heavy atom. The molecule has 0 aliphatic carbocycles. The molecule has 0 N–H and O–H groups in total. The maximum atomic E-state index is 8.61. The average molecular weight is 175 g/mol. The number of hydrogen-bond donors (Lipinski definition) is 0. The van der Waals surface area contributed by atoms with Crippen LogP contribution in [0.5, 0.6) is 0 Å². The molecule has 0 aromatic carbocycles. The van der Waals surface area contributed by atoms with Crippen LogP contribution in [0, 0.1) is 39.9 Å². The van der Waals surface area contributed by atoms with Crippen molar-refractivity contribution in [2.45, 2.75) is 38.5 Å². The van der Waals surface area contributed by atoms with Crippen LogP contribution < -0.4 is 0 Å². The molecule has 1 unspecified atom stereocenters. The Bertz CT molecular complexity index is 238. The van der Waals surface area contributed by atoms with Gasteiger partial charge in [-0.05, 0) is 12.8 Å². The van der Waals surface area contributed by atoms with Crippen molar-refractivity contribution < 1.29 is 0 Å². The highest BCUT2D eigenvalue weighted by Crippen LogP contribution is 2.12. The number of unbranched alkanes of at least 4 members (excludes halogenated alkanes) is 3. The van der Waals surface area contributed by atoms with Crippen LogP contribution in [0.3, 0.4) is 0 Å². The molecule has 0 aliphatic rings. The first-order valence-electron chi connectivity index (χ1n) is 4.48. The molecule has 68 valence electrons. The van der Waals surface area contributed by atoms with Gasteiger partial charge in [0.05, 0.1) is 30.5 Å². The summed E-state index contributed by atoms with van der Waals surface area (Å²) >= 11 is 0. The zero-order valence-electron chi connectivity index (χ0n) is 7.66. The van der Waals surface area contributed by atoms with E-state index in [0.717, 1.165) is 25.7 Å². The monoisotopic (exact) mass is 175 g/mol. The average Bonchev–Trinajstić information content (AvgIpc) is 2.16. The Kier molecular flexibility index (Phi) is 7.56. The first-order valence-corrected chi connectivity index (χ1v) is 4.48. The summed E-state index contributed by atoms with van der Waals surface area (Å²) in [6.45, 7) is 0. The molecule has 0 heterocycles. The van der Waals surface area contributed by atoms with E-state index in [1.807, 2.05) is 6.07 Å². The van der Waals surface area contributed by atoms with Gasteiger partial charge >= 0.3 is 0 Å². The van der Waals surface area contributed by atoms with Crippen LogP contribution in [-0.4, -0.2) is 0 Å². The Morgan fingerprint density at radius 3 is 2.23 bits per heavy atom. The van der Waals surface area contributed by atoms with Gasteiger partial charge in [0.25, 0.3) is 0 Å². The lowest BCUT2D eigenvalue weighted by atomic mass is 10.00. The molecule has 0 saturated heterocycles. The lowest BCUT2D eigenvalue weighted by Crippen LogP contribution is -1.95. The first kappa shape index (κ1) is 11.5. The molecule has 0 radical (unpaired) electrons. The van der Waals surface area contributed by atoms with Crippen LogP contribution in [0.1, 0.15) is 38.5 Å². The number of hydrogen-bond acceptors (Lipinski definition) is 3. The van der Waals surface area contributed by atoms with Crippen LogP contribution >= 0.6 is 0 Å². The zero-order chi connectivity index (χ0) is 9.94. The molecule has 0 amide bonds. The van der Waals surface area contributed by atoms with Crippen molar-refractivity contribution in [1.29, 1.82) is 15.8 Å². The second-order valence-corrected chi connectivity index (χ2v) is 2.95. The van der Waals surface area contributed by atoms with Crippen molar-refractivity contribution in [2.75, 3.05) is 0 Å². The van der Waals surface area contributed by atoms with E-state index in [0.29, 0.717) is 12.8 Å². The van der Waals surface area contributed by atoms with Gasteiger partial charge in [0.1, 0.15) is 0 Å². The third kappa shape index (κ3) is 6.85. The summed E-state index contributed by atoms with van der Waals surface area (Å²) < 4.78 is 0. The topological polar surface area (TPSA) is 71.4 Å². The predicted molar refractivity (Wildman–Crippen MR) is 48.0 cm³/mol. The Morgan fingerprint density at radius 2 is 1.69 bits per heavy atom. The largest absolute Gasteiger partial charge is 0.198 e. The highest BCUT2D eigenvalue weighted by Gasteiger charge is 2.05. The molecule has 0 fully saturated rings. The summed E-state index contributed by atoms with van der Waals surface area (Å²) in [5.41, 5.74) is 0. The number of rotatable bonds is 6. The fourth-order valence-corrected chi connectivity index (χ4v) is 1.09. The third-order valence-electron chi connectivity index (χ3n) is 1.86. The van der Waals surface area contributed by atoms with Gasteiger partial charge in [-0.25, -0.2) is 0 Å². The van der Waals surface area contributed by atoms with Crippen molar-refractivity contribution in [3.8, 4) is 18.2 Å². The quantitative estimate of drug-likeness (QED) is 0.582. The van der Waals surface area contributed by atoms with E-state index in [2.05, 4.69) is 12.1 Å². The fraction of sp³-hybridized carbons (Fsp3) is 0.700. The summed E-state index contributed by atoms with van der Waals surface area (Å²) in [7, 11) is 0. The van der Waals surface area contributed by atoms with E-state index in [9.17, 15) is 0 Å². The Balaban J connectivity index is 3.37. The predicted octanol–water partition coefficient (Wildman–Crippen LogP) is 2.51. The SMILES string of the molecule is N#CCCCCCC(C#N)CC#N. The standard InChI is InChI=1S/C10H13N3/c11-7-4-2-1-3-5-10(9-13)6-8-12/h10H,1-6H2. The minimum Gasteiger partial charge on any atom is -0.198 e. The first-order chi connectivity index (χ1) is 6.35. The highest BCUT2D eigenvalue weighted by molar-refractivity contribution is 4.89. The second kappa shape index (κ2) is 8.57. The van der Waals surface area contributed by atoms with E-state index in [1.165, 1.54) is 0 Å². The maximum Gasteiger partial charge on any atom is 0.0666 e. The molecule has 3 nitrogen and oxygen atoms in total. The van der Waals surface area contributed by atoms with Gasteiger partial charge < -0.3 is 0 Å². The van der Waals surface area contributed by atoms with Crippen molar-refractivity contribution in [3.63, 3.8) is 0 Å². The normalized spacial score (nSPS) is 10.8. The van der Waals surface area contributed by atoms with Gasteiger partial charge in [0.2, 0.25) is 0 Å². The molecular formula is C10H13N3. The van der Waals surface area contributed by atoms with Crippen LogP contribution in [0.2, 0.25) is 0 Å². The van der Waals surface area contributed by atoms with Crippen molar-refractivity contribution in [2.24, 2.45) is 5.92 Å². The molecule has 1 atom stereocenters. The van der Waals surface area contributed by atoms with Crippen molar-refractivity contribution in [3.05, 3.63) is 0 Å². The number of nitrogens with zero attached hydrogens (tertiary/aromatic N) is 3. The minimum absolute atomic E-state index is 0.118. The van der Waals surface area contributed by atoms with E-state index in [4.69, 9.17) is 15.8 Å². The minimum atomic E-state index is -0.118. The molecule has 0 spiro atoms. The van der Waals surface area contributed by atoms with Gasteiger partial charge in [-0.15, -0.1) is 0 Å². The molecule has 0 aromatic rings. The lowest BCUT2D eigenvalue weighted by Gasteiger charge is -2.02. The van der Waals surface area contributed by atoms with E-state index in [-0.39, 0.29) is 5.92 Å². The van der Waals surface area contributed by atoms with Crippen molar-refractivity contribution in [1.82, 2.24) is 0 Å². The molecular weight excluding hydrogens is 162 g/mol. The smallest absolute Gasteiger partial charge is 0.0666 e. The molecule has 0 aliphatic heterocycles. The Labute approximate surface area is 79.2 Å². The third-order valence-corrected chi connectivity index (χ3v) is 1.86. The second-order valence-electron chi connectivity index (χ2n) is 2.95. The van der Waals surface area contributed by atoms with Gasteiger partial charge in [-0.3, -0.25) is 0 Å². The summed E-state index contributed by atoms with van der Waals surface area (Å²) in [5.74, 6) is -0.118.